The average Bonchev–Trinajstić information content (AvgIpc) is 3.29. The van der Waals surface area contributed by atoms with Crippen molar-refractivity contribution in [3.63, 3.8) is 0 Å². The molecule has 10 heteroatoms. The van der Waals surface area contributed by atoms with E-state index >= 15 is 0 Å². The first kappa shape index (κ1) is 24.9. The van der Waals surface area contributed by atoms with E-state index in [2.05, 4.69) is 15.5 Å². The van der Waals surface area contributed by atoms with Gasteiger partial charge in [0.2, 0.25) is 5.91 Å². The number of carbonyl (C=O) groups is 2. The third kappa shape index (κ3) is 5.71. The van der Waals surface area contributed by atoms with Gasteiger partial charge in [0.25, 0.3) is 5.91 Å². The highest BCUT2D eigenvalue weighted by atomic mass is 35.5. The highest BCUT2D eigenvalue weighted by molar-refractivity contribution is 6.35. The highest BCUT2D eigenvalue weighted by Gasteiger charge is 2.28. The van der Waals surface area contributed by atoms with Crippen molar-refractivity contribution < 1.29 is 19.1 Å². The maximum Gasteiger partial charge on any atom is 0.272 e. The zero-order valence-corrected chi connectivity index (χ0v) is 21.0. The Morgan fingerprint density at radius 1 is 1.11 bits per heavy atom. The summed E-state index contributed by atoms with van der Waals surface area (Å²) in [5.41, 5.74) is 3.66. The summed E-state index contributed by atoms with van der Waals surface area (Å²) in [6, 6.07) is 10.7. The number of fused-ring (bicyclic) bond motifs is 1. The molecule has 0 bridgehead atoms. The molecule has 2 aromatic carbocycles. The number of benzene rings is 2. The number of amides is 2. The lowest BCUT2D eigenvalue weighted by atomic mass is 10.0. The van der Waals surface area contributed by atoms with Crippen LogP contribution in [0.3, 0.4) is 0 Å². The van der Waals surface area contributed by atoms with Gasteiger partial charge >= 0.3 is 0 Å². The molecule has 2 heterocycles. The third-order valence-corrected chi connectivity index (χ3v) is 6.59. The molecule has 0 aliphatic carbocycles. The number of aromatic amines is 1. The van der Waals surface area contributed by atoms with Crippen LogP contribution in [0, 0.1) is 0 Å². The molecule has 0 saturated heterocycles. The Morgan fingerprint density at radius 3 is 2.66 bits per heavy atom. The molecule has 2 N–H and O–H groups in total. The topological polar surface area (TPSA) is 96.5 Å². The van der Waals surface area contributed by atoms with E-state index in [1.807, 2.05) is 18.2 Å². The summed E-state index contributed by atoms with van der Waals surface area (Å²) in [6.07, 6.45) is 1.38. The van der Waals surface area contributed by atoms with Crippen LogP contribution in [0.15, 0.2) is 36.4 Å². The number of ether oxygens (including phenoxy) is 2. The van der Waals surface area contributed by atoms with Crippen molar-refractivity contribution in [2.45, 2.75) is 25.8 Å². The van der Waals surface area contributed by atoms with Crippen molar-refractivity contribution in [3.8, 4) is 11.5 Å². The summed E-state index contributed by atoms with van der Waals surface area (Å²) in [6.45, 7) is 1.28. The van der Waals surface area contributed by atoms with E-state index in [1.54, 1.807) is 37.3 Å². The van der Waals surface area contributed by atoms with Gasteiger partial charge in [-0.3, -0.25) is 14.7 Å². The van der Waals surface area contributed by atoms with Crippen LogP contribution in [0.4, 0.5) is 0 Å². The summed E-state index contributed by atoms with van der Waals surface area (Å²) in [5.74, 6) is 0.946. The second-order valence-corrected chi connectivity index (χ2v) is 9.05. The van der Waals surface area contributed by atoms with Crippen molar-refractivity contribution in [2.75, 3.05) is 27.3 Å². The molecule has 0 fully saturated rings. The minimum absolute atomic E-state index is 0.0686. The Labute approximate surface area is 213 Å². The van der Waals surface area contributed by atoms with Gasteiger partial charge in [-0.1, -0.05) is 35.3 Å². The number of nitrogens with one attached hydrogen (secondary N) is 2. The normalized spacial score (nSPS) is 12.7. The molecule has 3 aromatic rings. The highest BCUT2D eigenvalue weighted by Crippen LogP contribution is 2.28. The van der Waals surface area contributed by atoms with E-state index in [0.717, 1.165) is 16.8 Å². The number of halogens is 2. The van der Waals surface area contributed by atoms with Crippen molar-refractivity contribution in [1.29, 1.82) is 0 Å². The number of H-pyrrole nitrogens is 1. The Bertz CT molecular complexity index is 1240. The molecule has 0 atom stereocenters. The number of aromatic nitrogens is 2. The molecule has 0 radical (unpaired) electrons. The third-order valence-electron chi connectivity index (χ3n) is 6.01. The van der Waals surface area contributed by atoms with Crippen LogP contribution in [-0.4, -0.2) is 54.2 Å². The Balaban J connectivity index is 1.37. The number of hydrogen-bond acceptors (Lipinski definition) is 5. The van der Waals surface area contributed by atoms with Crippen LogP contribution in [0.5, 0.6) is 11.5 Å². The quantitative estimate of drug-likeness (QED) is 0.474. The van der Waals surface area contributed by atoms with Gasteiger partial charge in [-0.25, -0.2) is 0 Å². The summed E-state index contributed by atoms with van der Waals surface area (Å²) < 4.78 is 10.6. The first-order valence-corrected chi connectivity index (χ1v) is 11.9. The molecule has 0 saturated carbocycles. The monoisotopic (exact) mass is 516 g/mol. The van der Waals surface area contributed by atoms with Crippen molar-refractivity contribution >= 4 is 35.0 Å². The van der Waals surface area contributed by atoms with Gasteiger partial charge in [0.15, 0.2) is 17.2 Å². The van der Waals surface area contributed by atoms with Crippen molar-refractivity contribution in [3.05, 3.63) is 74.5 Å². The van der Waals surface area contributed by atoms with Crippen LogP contribution in [0.1, 0.15) is 32.9 Å². The fraction of sp³-hybridized carbons (Fsp3) is 0.320. The maximum atomic E-state index is 12.9. The zero-order valence-electron chi connectivity index (χ0n) is 19.5. The molecule has 0 unspecified atom stereocenters. The number of methoxy groups -OCH3 is 2. The number of hydrogen-bond donors (Lipinski definition) is 2. The fourth-order valence-electron chi connectivity index (χ4n) is 4.08. The minimum Gasteiger partial charge on any atom is -0.493 e. The first-order valence-electron chi connectivity index (χ1n) is 11.2. The van der Waals surface area contributed by atoms with Crippen LogP contribution in [0.2, 0.25) is 10.0 Å². The van der Waals surface area contributed by atoms with E-state index in [4.69, 9.17) is 32.7 Å². The lowest BCUT2D eigenvalue weighted by Crippen LogP contribution is -2.38. The van der Waals surface area contributed by atoms with Crippen LogP contribution in [-0.2, 0) is 30.6 Å². The molecule has 8 nitrogen and oxygen atoms in total. The standard InChI is InChI=1S/C25H26Cl2N4O4/c1-34-21-6-3-15(11-22(21)35-2)7-9-28-25(33)24-18-14-31(10-8-20(18)29-30-24)23(32)12-16-4-5-17(26)13-19(16)27/h3-6,11,13H,7-10,12,14H2,1-2H3,(H,28,33)(H,29,30). The molecule has 4 rings (SSSR count). The van der Waals surface area contributed by atoms with E-state index in [1.165, 1.54) is 0 Å². The van der Waals surface area contributed by atoms with Gasteiger partial charge in [-0.05, 0) is 41.8 Å². The molecular formula is C25H26Cl2N4O4. The van der Waals surface area contributed by atoms with E-state index in [9.17, 15) is 9.59 Å². The van der Waals surface area contributed by atoms with Gasteiger partial charge in [0.1, 0.15) is 0 Å². The smallest absolute Gasteiger partial charge is 0.272 e. The Kier molecular flexibility index (Phi) is 7.83. The molecule has 0 spiro atoms. The van der Waals surface area contributed by atoms with Crippen molar-refractivity contribution in [2.24, 2.45) is 0 Å². The zero-order chi connectivity index (χ0) is 24.9. The number of nitrogens with zero attached hydrogens (tertiary/aromatic N) is 2. The summed E-state index contributed by atoms with van der Waals surface area (Å²) in [7, 11) is 3.17. The SMILES string of the molecule is COc1ccc(CCNC(=O)c2n[nH]c3c2CN(C(=O)Cc2ccc(Cl)cc2Cl)CC3)cc1OC. The predicted molar refractivity (Wildman–Crippen MR) is 133 cm³/mol. The van der Waals surface area contributed by atoms with Gasteiger partial charge in [0, 0.05) is 47.4 Å². The van der Waals surface area contributed by atoms with Gasteiger partial charge in [-0.15, -0.1) is 0 Å². The molecule has 1 aromatic heterocycles. The van der Waals surface area contributed by atoms with E-state index in [0.29, 0.717) is 65.3 Å². The fourth-order valence-corrected chi connectivity index (χ4v) is 4.55. The lowest BCUT2D eigenvalue weighted by molar-refractivity contribution is -0.131. The van der Waals surface area contributed by atoms with Gasteiger partial charge < -0.3 is 19.7 Å². The van der Waals surface area contributed by atoms with E-state index in [-0.39, 0.29) is 18.2 Å². The molecule has 1 aliphatic heterocycles. The van der Waals surface area contributed by atoms with Crippen LogP contribution in [0.25, 0.3) is 0 Å². The Hall–Kier alpha value is -3.23. The average molecular weight is 517 g/mol. The largest absolute Gasteiger partial charge is 0.493 e. The molecule has 1 aliphatic rings. The summed E-state index contributed by atoms with van der Waals surface area (Å²) in [5, 5.41) is 11.1. The van der Waals surface area contributed by atoms with Gasteiger partial charge in [-0.2, -0.15) is 5.10 Å². The second-order valence-electron chi connectivity index (χ2n) is 8.20. The number of rotatable bonds is 8. The number of carbonyl (C=O) groups excluding carboxylic acids is 2. The lowest BCUT2D eigenvalue weighted by Gasteiger charge is -2.27. The molecular weight excluding hydrogens is 491 g/mol. The first-order chi connectivity index (χ1) is 16.9. The van der Waals surface area contributed by atoms with Crippen LogP contribution >= 0.6 is 23.2 Å². The maximum absolute atomic E-state index is 12.9. The minimum atomic E-state index is -0.280. The molecule has 184 valence electrons. The summed E-state index contributed by atoms with van der Waals surface area (Å²) in [4.78, 5) is 27.5. The Morgan fingerprint density at radius 2 is 1.91 bits per heavy atom. The second kappa shape index (κ2) is 11.0. The summed E-state index contributed by atoms with van der Waals surface area (Å²) >= 11 is 12.2. The van der Waals surface area contributed by atoms with Crippen molar-refractivity contribution in [1.82, 2.24) is 20.4 Å². The van der Waals surface area contributed by atoms with E-state index < -0.39 is 0 Å². The molecule has 35 heavy (non-hydrogen) atoms. The van der Waals surface area contributed by atoms with Gasteiger partial charge in [0.05, 0.1) is 20.6 Å². The van der Waals surface area contributed by atoms with Crippen LogP contribution < -0.4 is 14.8 Å². The predicted octanol–water partition coefficient (Wildman–Crippen LogP) is 3.83. The molecule has 2 amide bonds.